The number of benzene rings is 2. The Bertz CT molecular complexity index is 1220. The number of aliphatic hydroxyl groups is 1. The number of anilines is 1. The highest BCUT2D eigenvalue weighted by Gasteiger charge is 2.48. The predicted octanol–water partition coefficient (Wildman–Crippen LogP) is 5.52. The lowest BCUT2D eigenvalue weighted by Crippen LogP contribution is -2.29. The van der Waals surface area contributed by atoms with E-state index in [2.05, 4.69) is 18.8 Å². The number of carbonyl (C=O) groups is 2. The molecule has 0 aliphatic carbocycles. The molecular formula is C26H26N2O4S. The van der Waals surface area contributed by atoms with Crippen LogP contribution in [0.25, 0.3) is 5.76 Å². The highest BCUT2D eigenvalue weighted by Crippen LogP contribution is 2.44. The van der Waals surface area contributed by atoms with Crippen LogP contribution in [0.1, 0.15) is 53.1 Å². The van der Waals surface area contributed by atoms with Gasteiger partial charge in [-0.15, -0.1) is 11.3 Å². The van der Waals surface area contributed by atoms with Crippen molar-refractivity contribution in [3.63, 3.8) is 0 Å². The summed E-state index contributed by atoms with van der Waals surface area (Å²) in [5.41, 5.74) is 3.17. The van der Waals surface area contributed by atoms with E-state index in [9.17, 15) is 14.7 Å². The molecule has 1 aliphatic rings. The Kier molecular flexibility index (Phi) is 6.08. The van der Waals surface area contributed by atoms with E-state index in [1.165, 1.54) is 16.2 Å². The molecule has 4 rings (SSSR count). The Labute approximate surface area is 197 Å². The zero-order valence-corrected chi connectivity index (χ0v) is 20.1. The smallest absolute Gasteiger partial charge is 0.301 e. The molecule has 1 N–H and O–H groups in total. The second-order valence-corrected chi connectivity index (χ2v) is 9.54. The molecular weight excluding hydrogens is 436 g/mol. The highest BCUT2D eigenvalue weighted by atomic mass is 32.1. The van der Waals surface area contributed by atoms with E-state index in [1.807, 2.05) is 38.1 Å². The molecule has 0 bridgehead atoms. The number of aryl methyl sites for hydroxylation is 2. The number of hydrogen-bond donors (Lipinski definition) is 1. The third kappa shape index (κ3) is 4.04. The van der Waals surface area contributed by atoms with Crippen LogP contribution in [-0.2, 0) is 9.59 Å². The van der Waals surface area contributed by atoms with Crippen LogP contribution < -0.4 is 9.64 Å². The van der Waals surface area contributed by atoms with Crippen molar-refractivity contribution >= 4 is 33.9 Å². The van der Waals surface area contributed by atoms with E-state index in [0.717, 1.165) is 21.7 Å². The van der Waals surface area contributed by atoms with E-state index in [4.69, 9.17) is 4.74 Å². The van der Waals surface area contributed by atoms with Crippen molar-refractivity contribution in [2.24, 2.45) is 0 Å². The van der Waals surface area contributed by atoms with Gasteiger partial charge in [0.2, 0.25) is 0 Å². The van der Waals surface area contributed by atoms with Gasteiger partial charge in [-0.25, -0.2) is 4.98 Å². The van der Waals surface area contributed by atoms with E-state index in [-0.39, 0.29) is 11.3 Å². The first-order chi connectivity index (χ1) is 15.7. The number of Topliss-reactive ketones (excluding diaryl/α,β-unsaturated/α-hetero) is 1. The Hall–Kier alpha value is -3.45. The summed E-state index contributed by atoms with van der Waals surface area (Å²) in [6.45, 7) is 8.00. The lowest BCUT2D eigenvalue weighted by molar-refractivity contribution is -0.132. The van der Waals surface area contributed by atoms with E-state index >= 15 is 0 Å². The van der Waals surface area contributed by atoms with Crippen LogP contribution in [0.4, 0.5) is 5.13 Å². The number of nitrogens with zero attached hydrogens (tertiary/aromatic N) is 2. The molecule has 0 saturated carbocycles. The van der Waals surface area contributed by atoms with Crippen molar-refractivity contribution in [2.75, 3.05) is 12.0 Å². The Morgan fingerprint density at radius 1 is 1.06 bits per heavy atom. The van der Waals surface area contributed by atoms with Crippen LogP contribution >= 0.6 is 11.3 Å². The van der Waals surface area contributed by atoms with Crippen molar-refractivity contribution in [3.05, 3.63) is 81.4 Å². The molecule has 1 saturated heterocycles. The fraction of sp³-hybridized carbons (Fsp3) is 0.269. The van der Waals surface area contributed by atoms with Gasteiger partial charge in [0.25, 0.3) is 5.78 Å². The topological polar surface area (TPSA) is 79.7 Å². The maximum Gasteiger partial charge on any atom is 0.301 e. The minimum atomic E-state index is -0.779. The fourth-order valence-corrected chi connectivity index (χ4v) is 4.81. The molecule has 2 aromatic carbocycles. The first-order valence-electron chi connectivity index (χ1n) is 10.7. The molecule has 1 aromatic heterocycles. The second-order valence-electron chi connectivity index (χ2n) is 8.36. The van der Waals surface area contributed by atoms with Crippen LogP contribution in [0.15, 0.2) is 54.1 Å². The van der Waals surface area contributed by atoms with Crippen molar-refractivity contribution in [2.45, 2.75) is 39.7 Å². The summed E-state index contributed by atoms with van der Waals surface area (Å²) in [5, 5.41) is 11.6. The quantitative estimate of drug-likeness (QED) is 0.307. The summed E-state index contributed by atoms with van der Waals surface area (Å²) in [6.07, 6.45) is 0. The average Bonchev–Trinajstić information content (AvgIpc) is 3.28. The number of rotatable bonds is 5. The van der Waals surface area contributed by atoms with Crippen molar-refractivity contribution < 1.29 is 19.4 Å². The van der Waals surface area contributed by atoms with Gasteiger partial charge < -0.3 is 9.84 Å². The minimum Gasteiger partial charge on any atom is -0.507 e. The Morgan fingerprint density at radius 3 is 2.21 bits per heavy atom. The molecule has 2 heterocycles. The number of aliphatic hydroxyl groups excluding tert-OH is 1. The number of thiazole rings is 1. The third-order valence-electron chi connectivity index (χ3n) is 5.95. The molecule has 33 heavy (non-hydrogen) atoms. The molecule has 1 fully saturated rings. The zero-order valence-electron chi connectivity index (χ0n) is 19.2. The van der Waals surface area contributed by atoms with Gasteiger partial charge in [-0.05, 0) is 55.2 Å². The van der Waals surface area contributed by atoms with E-state index in [1.54, 1.807) is 31.4 Å². The van der Waals surface area contributed by atoms with Gasteiger partial charge in [-0.3, -0.25) is 14.5 Å². The summed E-state index contributed by atoms with van der Waals surface area (Å²) < 4.78 is 5.19. The highest BCUT2D eigenvalue weighted by molar-refractivity contribution is 7.16. The Morgan fingerprint density at radius 2 is 1.70 bits per heavy atom. The minimum absolute atomic E-state index is 0.0490. The number of amides is 1. The third-order valence-corrected chi connectivity index (χ3v) is 7.02. The lowest BCUT2D eigenvalue weighted by Gasteiger charge is -2.23. The molecule has 1 aliphatic heterocycles. The molecule has 0 radical (unpaired) electrons. The number of ether oxygens (including phenoxy) is 1. The molecule has 7 heteroatoms. The van der Waals surface area contributed by atoms with Crippen LogP contribution in [0.5, 0.6) is 5.75 Å². The molecule has 0 unspecified atom stereocenters. The SMILES string of the molecule is COc1ccc(/C(O)=C2\C(=O)C(=O)N(c3nc(C)c(C)s3)[C@@H]2c2ccc(C(C)C)cc2)cc1. The van der Waals surface area contributed by atoms with Crippen molar-refractivity contribution in [1.29, 1.82) is 0 Å². The van der Waals surface area contributed by atoms with Crippen LogP contribution in [0.3, 0.4) is 0 Å². The maximum atomic E-state index is 13.2. The van der Waals surface area contributed by atoms with Gasteiger partial charge in [0, 0.05) is 10.4 Å². The van der Waals surface area contributed by atoms with Crippen LogP contribution in [-0.4, -0.2) is 28.9 Å². The van der Waals surface area contributed by atoms with Crippen molar-refractivity contribution in [1.82, 2.24) is 4.98 Å². The van der Waals surface area contributed by atoms with Gasteiger partial charge >= 0.3 is 5.91 Å². The van der Waals surface area contributed by atoms with Gasteiger partial charge in [-0.2, -0.15) is 0 Å². The number of carbonyl (C=O) groups excluding carboxylic acids is 2. The summed E-state index contributed by atoms with van der Waals surface area (Å²) >= 11 is 1.36. The van der Waals surface area contributed by atoms with Gasteiger partial charge in [-0.1, -0.05) is 38.1 Å². The molecule has 1 amide bonds. The first kappa shape index (κ1) is 22.7. The Balaban J connectivity index is 1.91. The first-order valence-corrected chi connectivity index (χ1v) is 11.5. The molecule has 1 atom stereocenters. The van der Waals surface area contributed by atoms with Gasteiger partial charge in [0.1, 0.15) is 11.5 Å². The maximum absolute atomic E-state index is 13.2. The second kappa shape index (κ2) is 8.83. The van der Waals surface area contributed by atoms with Crippen LogP contribution in [0, 0.1) is 13.8 Å². The summed E-state index contributed by atoms with van der Waals surface area (Å²) in [4.78, 5) is 33.3. The number of hydrogen-bond acceptors (Lipinski definition) is 6. The summed E-state index contributed by atoms with van der Waals surface area (Å²) in [6, 6.07) is 13.8. The number of ketones is 1. The summed E-state index contributed by atoms with van der Waals surface area (Å²) in [5.74, 6) is -0.680. The normalized spacial score (nSPS) is 17.8. The van der Waals surface area contributed by atoms with Crippen molar-refractivity contribution in [3.8, 4) is 5.75 Å². The van der Waals surface area contributed by atoms with Gasteiger partial charge in [0.15, 0.2) is 5.13 Å². The monoisotopic (exact) mass is 462 g/mol. The molecule has 6 nitrogen and oxygen atoms in total. The number of methoxy groups -OCH3 is 1. The standard InChI is InChI=1S/C26H26N2O4S/c1-14(2)17-6-8-18(9-7-17)22-21(23(29)19-10-12-20(32-5)13-11-19)24(30)25(31)28(22)26-27-15(3)16(4)33-26/h6-14,22,29H,1-5H3/b23-21+/t22-/m1/s1. The zero-order chi connectivity index (χ0) is 23.9. The molecule has 170 valence electrons. The van der Waals surface area contributed by atoms with E-state index in [0.29, 0.717) is 22.4 Å². The number of aromatic nitrogens is 1. The lowest BCUT2D eigenvalue weighted by atomic mass is 9.93. The average molecular weight is 463 g/mol. The van der Waals surface area contributed by atoms with Gasteiger partial charge in [0.05, 0.1) is 24.4 Å². The largest absolute Gasteiger partial charge is 0.507 e. The predicted molar refractivity (Wildman–Crippen MR) is 130 cm³/mol. The van der Waals surface area contributed by atoms with Crippen LogP contribution in [0.2, 0.25) is 0 Å². The fourth-order valence-electron chi connectivity index (χ4n) is 3.87. The molecule has 3 aromatic rings. The summed E-state index contributed by atoms with van der Waals surface area (Å²) in [7, 11) is 1.55. The van der Waals surface area contributed by atoms with E-state index < -0.39 is 17.7 Å². The molecule has 0 spiro atoms.